The summed E-state index contributed by atoms with van der Waals surface area (Å²) in [5, 5.41) is 2.74. The second kappa shape index (κ2) is 10.7. The van der Waals surface area contributed by atoms with Gasteiger partial charge in [-0.2, -0.15) is 4.31 Å². The van der Waals surface area contributed by atoms with Crippen LogP contribution in [0.1, 0.15) is 0 Å². The van der Waals surface area contributed by atoms with Crippen LogP contribution in [0.4, 0.5) is 0 Å². The van der Waals surface area contributed by atoms with Gasteiger partial charge in [-0.15, -0.1) is 12.4 Å². The van der Waals surface area contributed by atoms with E-state index >= 15 is 0 Å². The molecule has 0 radical (unpaired) electrons. The number of amides is 1. The van der Waals surface area contributed by atoms with Crippen molar-refractivity contribution >= 4 is 28.3 Å². The molecule has 26 heavy (non-hydrogen) atoms. The number of sulfonamides is 1. The lowest BCUT2D eigenvalue weighted by Crippen LogP contribution is -2.40. The standard InChI is InChI=1S/C16H25N3O5S.ClH/c1-18(2)8-7-17-16(20)13-24-14-3-5-15(6-4-14)25(21,22)19-9-11-23-12-10-19;/h3-6H,7-13H2,1-2H3,(H,17,20);1H. The summed E-state index contributed by atoms with van der Waals surface area (Å²) in [6.07, 6.45) is 0. The third-order valence-electron chi connectivity index (χ3n) is 3.68. The van der Waals surface area contributed by atoms with Crippen molar-refractivity contribution in [1.82, 2.24) is 14.5 Å². The maximum atomic E-state index is 12.5. The van der Waals surface area contributed by atoms with Gasteiger partial charge >= 0.3 is 0 Å². The second-order valence-electron chi connectivity index (χ2n) is 5.93. The van der Waals surface area contributed by atoms with Crippen molar-refractivity contribution in [2.75, 3.05) is 60.1 Å². The molecule has 1 aromatic carbocycles. The van der Waals surface area contributed by atoms with Crippen molar-refractivity contribution < 1.29 is 22.7 Å². The lowest BCUT2D eigenvalue weighted by atomic mass is 10.3. The van der Waals surface area contributed by atoms with E-state index in [2.05, 4.69) is 5.32 Å². The van der Waals surface area contributed by atoms with Crippen LogP contribution in [0, 0.1) is 0 Å². The summed E-state index contributed by atoms with van der Waals surface area (Å²) in [4.78, 5) is 13.8. The summed E-state index contributed by atoms with van der Waals surface area (Å²) in [5.41, 5.74) is 0. The Kier molecular flexibility index (Phi) is 9.31. The number of rotatable bonds is 8. The molecule has 0 aromatic heterocycles. The maximum absolute atomic E-state index is 12.5. The number of nitrogens with one attached hydrogen (secondary N) is 1. The normalized spacial score (nSPS) is 15.3. The molecular weight excluding hydrogens is 382 g/mol. The predicted octanol–water partition coefficient (Wildman–Crippen LogP) is 0.186. The van der Waals surface area contributed by atoms with Crippen LogP contribution in [0.5, 0.6) is 5.75 Å². The van der Waals surface area contributed by atoms with Crippen LogP contribution in [0.15, 0.2) is 29.2 Å². The summed E-state index contributed by atoms with van der Waals surface area (Å²) >= 11 is 0. The van der Waals surface area contributed by atoms with Gasteiger partial charge in [0.15, 0.2) is 6.61 Å². The van der Waals surface area contributed by atoms with Crippen molar-refractivity contribution in [3.8, 4) is 5.75 Å². The van der Waals surface area contributed by atoms with E-state index in [1.165, 1.54) is 16.4 Å². The molecule has 1 saturated heterocycles. The van der Waals surface area contributed by atoms with E-state index in [0.29, 0.717) is 38.6 Å². The number of ether oxygens (including phenoxy) is 2. The first-order valence-corrected chi connectivity index (χ1v) is 9.56. The van der Waals surface area contributed by atoms with Crippen LogP contribution < -0.4 is 10.1 Å². The molecule has 0 unspecified atom stereocenters. The van der Waals surface area contributed by atoms with Gasteiger partial charge in [-0.1, -0.05) is 0 Å². The molecule has 1 N–H and O–H groups in total. The number of hydrogen-bond acceptors (Lipinski definition) is 6. The topological polar surface area (TPSA) is 88.2 Å². The number of morpholine rings is 1. The Hall–Kier alpha value is -1.39. The fraction of sp³-hybridized carbons (Fsp3) is 0.562. The number of carbonyl (C=O) groups excluding carboxylic acids is 1. The average molecular weight is 408 g/mol. The van der Waals surface area contributed by atoms with Gasteiger partial charge < -0.3 is 19.7 Å². The monoisotopic (exact) mass is 407 g/mol. The molecule has 1 amide bonds. The number of benzene rings is 1. The number of nitrogens with zero attached hydrogens (tertiary/aromatic N) is 2. The van der Waals surface area contributed by atoms with Crippen LogP contribution in [0.25, 0.3) is 0 Å². The van der Waals surface area contributed by atoms with Gasteiger partial charge in [0.2, 0.25) is 10.0 Å². The van der Waals surface area contributed by atoms with Crippen molar-refractivity contribution in [3.05, 3.63) is 24.3 Å². The van der Waals surface area contributed by atoms with Crippen LogP contribution in [-0.2, 0) is 19.6 Å². The lowest BCUT2D eigenvalue weighted by Gasteiger charge is -2.26. The zero-order valence-electron chi connectivity index (χ0n) is 15.0. The van der Waals surface area contributed by atoms with E-state index < -0.39 is 10.0 Å². The fourth-order valence-corrected chi connectivity index (χ4v) is 3.67. The van der Waals surface area contributed by atoms with Crippen molar-refractivity contribution in [2.45, 2.75) is 4.90 Å². The van der Waals surface area contributed by atoms with Crippen LogP contribution in [0.2, 0.25) is 0 Å². The highest BCUT2D eigenvalue weighted by molar-refractivity contribution is 7.89. The first-order chi connectivity index (χ1) is 11.9. The highest BCUT2D eigenvalue weighted by atomic mass is 35.5. The van der Waals surface area contributed by atoms with Crippen LogP contribution in [0.3, 0.4) is 0 Å². The highest BCUT2D eigenvalue weighted by Gasteiger charge is 2.26. The van der Waals surface area contributed by atoms with Crippen molar-refractivity contribution in [1.29, 1.82) is 0 Å². The minimum absolute atomic E-state index is 0. The van der Waals surface area contributed by atoms with E-state index in [1.54, 1.807) is 12.1 Å². The minimum Gasteiger partial charge on any atom is -0.484 e. The van der Waals surface area contributed by atoms with Crippen LogP contribution >= 0.6 is 12.4 Å². The SMILES string of the molecule is CN(C)CCNC(=O)COc1ccc(S(=O)(=O)N2CCOCC2)cc1.Cl. The Labute approximate surface area is 160 Å². The molecule has 0 atom stereocenters. The summed E-state index contributed by atoms with van der Waals surface area (Å²) in [7, 11) is 0.335. The Balaban J connectivity index is 0.00000338. The smallest absolute Gasteiger partial charge is 0.257 e. The van der Waals surface area contributed by atoms with Crippen LogP contribution in [-0.4, -0.2) is 83.6 Å². The van der Waals surface area contributed by atoms with Crippen molar-refractivity contribution in [3.63, 3.8) is 0 Å². The first kappa shape index (κ1) is 22.7. The summed E-state index contributed by atoms with van der Waals surface area (Å²) < 4.78 is 37.0. The molecule has 2 rings (SSSR count). The number of halogens is 1. The predicted molar refractivity (Wildman–Crippen MR) is 100 cm³/mol. The number of hydrogen-bond donors (Lipinski definition) is 1. The zero-order chi connectivity index (χ0) is 18.3. The second-order valence-corrected chi connectivity index (χ2v) is 7.87. The molecule has 0 bridgehead atoms. The molecule has 10 heteroatoms. The maximum Gasteiger partial charge on any atom is 0.257 e. The average Bonchev–Trinajstić information content (AvgIpc) is 2.61. The molecule has 148 valence electrons. The van der Waals surface area contributed by atoms with Crippen molar-refractivity contribution in [2.24, 2.45) is 0 Å². The van der Waals surface area contributed by atoms with Gasteiger partial charge in [-0.05, 0) is 38.4 Å². The van der Waals surface area contributed by atoms with E-state index in [9.17, 15) is 13.2 Å². The Morgan fingerprint density at radius 2 is 1.85 bits per heavy atom. The summed E-state index contributed by atoms with van der Waals surface area (Å²) in [6.45, 7) is 2.71. The van der Waals surface area contributed by atoms with E-state index in [4.69, 9.17) is 9.47 Å². The Bertz CT molecular complexity index is 661. The first-order valence-electron chi connectivity index (χ1n) is 8.12. The van der Waals surface area contributed by atoms with E-state index in [1.807, 2.05) is 19.0 Å². The fourth-order valence-electron chi connectivity index (χ4n) is 2.26. The molecule has 1 aromatic rings. The zero-order valence-corrected chi connectivity index (χ0v) is 16.6. The quantitative estimate of drug-likeness (QED) is 0.661. The van der Waals surface area contributed by atoms with Gasteiger partial charge in [0.05, 0.1) is 18.1 Å². The van der Waals surface area contributed by atoms with Gasteiger partial charge in [0.1, 0.15) is 5.75 Å². The summed E-state index contributed by atoms with van der Waals surface area (Å²) in [6, 6.07) is 6.09. The lowest BCUT2D eigenvalue weighted by molar-refractivity contribution is -0.123. The van der Waals surface area contributed by atoms with Gasteiger partial charge in [-0.25, -0.2) is 8.42 Å². The molecule has 1 heterocycles. The number of likely N-dealkylation sites (N-methyl/N-ethyl adjacent to an activating group) is 1. The van der Waals surface area contributed by atoms with Gasteiger partial charge in [0, 0.05) is 26.2 Å². The molecule has 0 aliphatic carbocycles. The molecule has 1 aliphatic heterocycles. The minimum atomic E-state index is -3.52. The molecule has 1 aliphatic rings. The molecule has 8 nitrogen and oxygen atoms in total. The third kappa shape index (κ3) is 6.73. The van der Waals surface area contributed by atoms with E-state index in [-0.39, 0.29) is 29.8 Å². The Morgan fingerprint density at radius 3 is 2.42 bits per heavy atom. The highest BCUT2D eigenvalue weighted by Crippen LogP contribution is 2.20. The molecule has 1 fully saturated rings. The molecular formula is C16H26ClN3O5S. The Morgan fingerprint density at radius 1 is 1.23 bits per heavy atom. The molecule has 0 spiro atoms. The molecule has 0 saturated carbocycles. The largest absolute Gasteiger partial charge is 0.484 e. The van der Waals surface area contributed by atoms with Gasteiger partial charge in [0.25, 0.3) is 5.91 Å². The van der Waals surface area contributed by atoms with Gasteiger partial charge in [-0.3, -0.25) is 4.79 Å². The summed E-state index contributed by atoms with van der Waals surface area (Å²) in [5.74, 6) is 0.232. The third-order valence-corrected chi connectivity index (χ3v) is 5.60. The van der Waals surface area contributed by atoms with E-state index in [0.717, 1.165) is 6.54 Å². The number of carbonyl (C=O) groups is 1.